The molecule has 0 saturated carbocycles. The highest BCUT2D eigenvalue weighted by atomic mass is 79.9. The number of rotatable bonds is 9. The summed E-state index contributed by atoms with van der Waals surface area (Å²) in [6.45, 7) is 0. The molecule has 160 valence electrons. The number of halogens is 1. The molecule has 9 heteroatoms. The van der Waals surface area contributed by atoms with Crippen LogP contribution in [0, 0.1) is 0 Å². The van der Waals surface area contributed by atoms with Crippen LogP contribution in [0.4, 0.5) is 10.5 Å². The van der Waals surface area contributed by atoms with Gasteiger partial charge in [0, 0.05) is 23.3 Å². The Bertz CT molecular complexity index is 855. The molecule has 0 aromatic heterocycles. The molecule has 2 atom stereocenters. The van der Waals surface area contributed by atoms with Crippen LogP contribution in [-0.4, -0.2) is 35.5 Å². The summed E-state index contributed by atoms with van der Waals surface area (Å²) in [7, 11) is 1.50. The van der Waals surface area contributed by atoms with Crippen molar-refractivity contribution in [3.05, 3.63) is 70.7 Å². The Morgan fingerprint density at radius 3 is 2.40 bits per heavy atom. The molecule has 2 aromatic rings. The lowest BCUT2D eigenvalue weighted by Crippen LogP contribution is -2.28. The van der Waals surface area contributed by atoms with E-state index in [2.05, 4.69) is 21.2 Å². The molecule has 0 radical (unpaired) electrons. The van der Waals surface area contributed by atoms with Gasteiger partial charge in [0.2, 0.25) is 0 Å². The largest absolute Gasteiger partial charge is 0.508 e. The Morgan fingerprint density at radius 1 is 1.13 bits per heavy atom. The summed E-state index contributed by atoms with van der Waals surface area (Å²) in [5.41, 5.74) is 2.72. The SMILES string of the molecule is CO[C@H](CC/C=C/C(=O)NO)[C@H](OC(=O)Nc1ccc(Br)cc1)c1ccc(O)cc1. The van der Waals surface area contributed by atoms with Gasteiger partial charge in [0.05, 0.1) is 6.10 Å². The van der Waals surface area contributed by atoms with E-state index >= 15 is 0 Å². The van der Waals surface area contributed by atoms with Crippen molar-refractivity contribution in [3.8, 4) is 5.75 Å². The number of nitrogens with one attached hydrogen (secondary N) is 2. The van der Waals surface area contributed by atoms with E-state index in [4.69, 9.17) is 14.7 Å². The number of benzene rings is 2. The lowest BCUT2D eigenvalue weighted by Gasteiger charge is -2.26. The van der Waals surface area contributed by atoms with Gasteiger partial charge in [-0.1, -0.05) is 34.1 Å². The Morgan fingerprint density at radius 2 is 1.80 bits per heavy atom. The molecule has 4 N–H and O–H groups in total. The van der Waals surface area contributed by atoms with E-state index in [-0.39, 0.29) is 5.75 Å². The van der Waals surface area contributed by atoms with Gasteiger partial charge in [0.15, 0.2) is 6.10 Å². The highest BCUT2D eigenvalue weighted by Crippen LogP contribution is 2.28. The number of hydroxylamine groups is 1. The zero-order valence-electron chi connectivity index (χ0n) is 16.2. The van der Waals surface area contributed by atoms with E-state index in [1.54, 1.807) is 42.5 Å². The van der Waals surface area contributed by atoms with Crippen LogP contribution in [0.1, 0.15) is 24.5 Å². The number of hydrogen-bond acceptors (Lipinski definition) is 6. The molecular weight excluding hydrogens is 456 g/mol. The van der Waals surface area contributed by atoms with E-state index in [0.717, 1.165) is 4.47 Å². The van der Waals surface area contributed by atoms with Gasteiger partial charge in [-0.25, -0.2) is 10.3 Å². The highest BCUT2D eigenvalue weighted by molar-refractivity contribution is 9.10. The summed E-state index contributed by atoms with van der Waals surface area (Å²) in [5.74, 6) is -0.548. The van der Waals surface area contributed by atoms with Crippen LogP contribution in [0.5, 0.6) is 5.75 Å². The predicted molar refractivity (Wildman–Crippen MR) is 114 cm³/mol. The summed E-state index contributed by atoms with van der Waals surface area (Å²) < 4.78 is 12.1. The van der Waals surface area contributed by atoms with Gasteiger partial charge >= 0.3 is 6.09 Å². The smallest absolute Gasteiger partial charge is 0.412 e. The highest BCUT2D eigenvalue weighted by Gasteiger charge is 2.27. The molecule has 30 heavy (non-hydrogen) atoms. The van der Waals surface area contributed by atoms with Crippen LogP contribution in [0.2, 0.25) is 0 Å². The van der Waals surface area contributed by atoms with Crippen LogP contribution >= 0.6 is 15.9 Å². The number of amides is 2. The van der Waals surface area contributed by atoms with Gasteiger partial charge in [-0.15, -0.1) is 0 Å². The lowest BCUT2D eigenvalue weighted by atomic mass is 10.00. The van der Waals surface area contributed by atoms with Crippen LogP contribution in [0.25, 0.3) is 0 Å². The maximum atomic E-state index is 12.5. The molecule has 8 nitrogen and oxygen atoms in total. The van der Waals surface area contributed by atoms with Gasteiger partial charge in [-0.05, 0) is 54.8 Å². The minimum Gasteiger partial charge on any atom is -0.508 e. The van der Waals surface area contributed by atoms with Crippen molar-refractivity contribution in [2.75, 3.05) is 12.4 Å². The first kappa shape index (κ1) is 23.4. The van der Waals surface area contributed by atoms with Crippen molar-refractivity contribution in [2.24, 2.45) is 0 Å². The molecule has 0 saturated heterocycles. The number of allylic oxidation sites excluding steroid dienone is 1. The maximum absolute atomic E-state index is 12.5. The van der Waals surface area contributed by atoms with E-state index in [1.165, 1.54) is 30.8 Å². The second-order valence-corrected chi connectivity index (χ2v) is 7.19. The zero-order chi connectivity index (χ0) is 21.9. The summed E-state index contributed by atoms with van der Waals surface area (Å²) in [5, 5.41) is 20.7. The number of methoxy groups -OCH3 is 1. The topological polar surface area (TPSA) is 117 Å². The third kappa shape index (κ3) is 7.51. The van der Waals surface area contributed by atoms with Crippen LogP contribution in [-0.2, 0) is 14.3 Å². The molecule has 0 aliphatic carbocycles. The number of ether oxygens (including phenoxy) is 2. The molecule has 2 rings (SSSR count). The van der Waals surface area contributed by atoms with Gasteiger partial charge in [-0.3, -0.25) is 15.3 Å². The number of anilines is 1. The van der Waals surface area contributed by atoms with Gasteiger partial charge in [0.25, 0.3) is 5.91 Å². The van der Waals surface area contributed by atoms with Crippen molar-refractivity contribution in [2.45, 2.75) is 25.0 Å². The Hall–Kier alpha value is -2.88. The van der Waals surface area contributed by atoms with Crippen LogP contribution in [0.3, 0.4) is 0 Å². The second kappa shape index (κ2) is 12.0. The molecule has 0 spiro atoms. The minimum absolute atomic E-state index is 0.0868. The van der Waals surface area contributed by atoms with Crippen molar-refractivity contribution in [1.29, 1.82) is 0 Å². The van der Waals surface area contributed by atoms with E-state index in [9.17, 15) is 14.7 Å². The summed E-state index contributed by atoms with van der Waals surface area (Å²) in [6, 6.07) is 13.3. The molecule has 0 aliphatic heterocycles. The fraction of sp³-hybridized carbons (Fsp3) is 0.238. The first-order valence-corrected chi connectivity index (χ1v) is 9.87. The Labute approximate surface area is 182 Å². The molecule has 2 aromatic carbocycles. The summed E-state index contributed by atoms with van der Waals surface area (Å²) in [6.07, 6.45) is 1.71. The Balaban J connectivity index is 2.12. The third-order valence-electron chi connectivity index (χ3n) is 4.18. The standard InChI is InChI=1S/C21H23BrN2O6/c1-29-18(4-2-3-5-19(26)24-28)20(14-6-12-17(25)13-7-14)30-21(27)23-16-10-8-15(22)9-11-16/h3,5-13,18,20,25,28H,2,4H2,1H3,(H,23,27)(H,24,26)/b5-3+/t18-,20-/m1/s1. The molecule has 0 heterocycles. The van der Waals surface area contributed by atoms with E-state index in [1.807, 2.05) is 0 Å². The van der Waals surface area contributed by atoms with Crippen LogP contribution < -0.4 is 10.8 Å². The predicted octanol–water partition coefficient (Wildman–Crippen LogP) is 4.30. The van der Waals surface area contributed by atoms with E-state index in [0.29, 0.717) is 24.1 Å². The Kier molecular flexibility index (Phi) is 9.33. The van der Waals surface area contributed by atoms with Gasteiger partial charge in [0.1, 0.15) is 5.75 Å². The average Bonchev–Trinajstić information content (AvgIpc) is 2.74. The molecule has 0 bridgehead atoms. The van der Waals surface area contributed by atoms with Crippen LogP contribution in [0.15, 0.2) is 65.2 Å². The molecule has 0 fully saturated rings. The normalized spacial score (nSPS) is 12.9. The van der Waals surface area contributed by atoms with Gasteiger partial charge < -0.3 is 14.6 Å². The first-order chi connectivity index (χ1) is 14.4. The second-order valence-electron chi connectivity index (χ2n) is 6.28. The molecule has 0 aliphatic rings. The molecule has 2 amide bonds. The summed E-state index contributed by atoms with van der Waals surface area (Å²) in [4.78, 5) is 23.6. The third-order valence-corrected chi connectivity index (χ3v) is 4.71. The molecular formula is C21H23BrN2O6. The number of aromatic hydroxyl groups is 1. The number of carbonyl (C=O) groups is 2. The first-order valence-electron chi connectivity index (χ1n) is 9.08. The lowest BCUT2D eigenvalue weighted by molar-refractivity contribution is -0.124. The monoisotopic (exact) mass is 478 g/mol. The molecule has 0 unspecified atom stereocenters. The average molecular weight is 479 g/mol. The number of phenolic OH excluding ortho intramolecular Hbond substituents is 1. The fourth-order valence-electron chi connectivity index (χ4n) is 2.70. The number of phenols is 1. The fourth-order valence-corrected chi connectivity index (χ4v) is 2.96. The minimum atomic E-state index is -0.758. The van der Waals surface area contributed by atoms with E-state index < -0.39 is 24.2 Å². The maximum Gasteiger partial charge on any atom is 0.412 e. The zero-order valence-corrected chi connectivity index (χ0v) is 17.8. The van der Waals surface area contributed by atoms with Crippen molar-refractivity contribution in [1.82, 2.24) is 5.48 Å². The van der Waals surface area contributed by atoms with Gasteiger partial charge in [-0.2, -0.15) is 0 Å². The summed E-state index contributed by atoms with van der Waals surface area (Å²) >= 11 is 3.33. The number of carbonyl (C=O) groups excluding carboxylic acids is 2. The van der Waals surface area contributed by atoms with Crippen molar-refractivity contribution >= 4 is 33.6 Å². The number of hydrogen-bond donors (Lipinski definition) is 4. The quantitative estimate of drug-likeness (QED) is 0.242. The van der Waals surface area contributed by atoms with Crippen molar-refractivity contribution in [3.63, 3.8) is 0 Å². The van der Waals surface area contributed by atoms with Crippen molar-refractivity contribution < 1.29 is 29.4 Å².